The summed E-state index contributed by atoms with van der Waals surface area (Å²) in [5.41, 5.74) is 14.6. The van der Waals surface area contributed by atoms with Crippen LogP contribution in [0.15, 0.2) is 48.7 Å². The van der Waals surface area contributed by atoms with Crippen LogP contribution in [-0.2, 0) is 4.79 Å². The van der Waals surface area contributed by atoms with Gasteiger partial charge < -0.3 is 4.90 Å². The van der Waals surface area contributed by atoms with Crippen molar-refractivity contribution in [2.24, 2.45) is 5.92 Å². The van der Waals surface area contributed by atoms with Crippen molar-refractivity contribution >= 4 is 5.91 Å². The van der Waals surface area contributed by atoms with Crippen LogP contribution < -0.4 is 21.7 Å². The van der Waals surface area contributed by atoms with Crippen LogP contribution in [-0.4, -0.2) is 42.0 Å². The number of hydrazine groups is 2. The molecule has 2 fully saturated rings. The number of benzene rings is 1. The molecule has 4 rings (SSSR count). The maximum atomic E-state index is 13.2. The third kappa shape index (κ3) is 4.05. The first-order chi connectivity index (χ1) is 13.6. The number of hydrogen-bond donors (Lipinski definition) is 4. The van der Waals surface area contributed by atoms with E-state index in [0.29, 0.717) is 13.0 Å². The van der Waals surface area contributed by atoms with Gasteiger partial charge in [-0.3, -0.25) is 15.2 Å². The van der Waals surface area contributed by atoms with Gasteiger partial charge in [0.2, 0.25) is 5.91 Å². The molecule has 148 valence electrons. The first kappa shape index (κ1) is 18.9. The minimum absolute atomic E-state index is 0.0188. The van der Waals surface area contributed by atoms with Crippen LogP contribution >= 0.6 is 0 Å². The number of hydrogen-bond acceptors (Lipinski definition) is 6. The van der Waals surface area contributed by atoms with Crippen molar-refractivity contribution in [2.45, 2.75) is 24.5 Å². The van der Waals surface area contributed by atoms with Gasteiger partial charge in [0.15, 0.2) is 0 Å². The Morgan fingerprint density at radius 1 is 1.18 bits per heavy atom. The maximum absolute atomic E-state index is 13.2. The average molecular weight is 384 g/mol. The second-order valence-electron chi connectivity index (χ2n) is 7.42. The van der Waals surface area contributed by atoms with Crippen molar-refractivity contribution < 1.29 is 9.18 Å². The lowest BCUT2D eigenvalue weighted by Crippen LogP contribution is -2.46. The van der Waals surface area contributed by atoms with Gasteiger partial charge in [0, 0.05) is 32.3 Å². The standard InChI is InChI=1S/C20H25FN6O/c1-27(12-14-11-23-26-19(14)13-5-7-15(21)8-6-13)20(28)18-10-17(24-25-18)16-4-2-3-9-22-16/h2-9,14,17-19,23-26H,10-12H2,1H3. The Bertz CT molecular complexity index is 802. The molecule has 0 radical (unpaired) electrons. The monoisotopic (exact) mass is 384 g/mol. The quantitative estimate of drug-likeness (QED) is 0.617. The van der Waals surface area contributed by atoms with Gasteiger partial charge in [-0.15, -0.1) is 0 Å². The summed E-state index contributed by atoms with van der Waals surface area (Å²) in [4.78, 5) is 19.0. The van der Waals surface area contributed by atoms with Crippen LogP contribution in [0.1, 0.15) is 29.8 Å². The number of nitrogens with zero attached hydrogens (tertiary/aromatic N) is 2. The van der Waals surface area contributed by atoms with E-state index < -0.39 is 0 Å². The van der Waals surface area contributed by atoms with Crippen LogP contribution in [0.4, 0.5) is 4.39 Å². The first-order valence-corrected chi connectivity index (χ1v) is 9.52. The van der Waals surface area contributed by atoms with Crippen LogP contribution in [0.25, 0.3) is 0 Å². The lowest BCUT2D eigenvalue weighted by molar-refractivity contribution is -0.132. The van der Waals surface area contributed by atoms with E-state index in [4.69, 9.17) is 0 Å². The Morgan fingerprint density at radius 3 is 2.75 bits per heavy atom. The Balaban J connectivity index is 1.36. The van der Waals surface area contributed by atoms with Crippen molar-refractivity contribution in [1.82, 2.24) is 31.6 Å². The molecule has 4 unspecified atom stereocenters. The van der Waals surface area contributed by atoms with E-state index in [1.165, 1.54) is 12.1 Å². The predicted molar refractivity (Wildman–Crippen MR) is 103 cm³/mol. The molecule has 4 atom stereocenters. The summed E-state index contributed by atoms with van der Waals surface area (Å²) < 4.78 is 13.2. The fourth-order valence-corrected chi connectivity index (χ4v) is 3.93. The summed E-state index contributed by atoms with van der Waals surface area (Å²) >= 11 is 0. The van der Waals surface area contributed by atoms with Crippen LogP contribution in [0, 0.1) is 11.7 Å². The van der Waals surface area contributed by atoms with Gasteiger partial charge in [-0.05, 0) is 36.2 Å². The van der Waals surface area contributed by atoms with Gasteiger partial charge in [0.1, 0.15) is 11.9 Å². The molecule has 1 aromatic heterocycles. The molecule has 2 aromatic rings. The molecular weight excluding hydrogens is 359 g/mol. The summed E-state index contributed by atoms with van der Waals surface area (Å²) in [6.07, 6.45) is 2.41. The van der Waals surface area contributed by atoms with E-state index in [1.54, 1.807) is 23.2 Å². The largest absolute Gasteiger partial charge is 0.344 e. The molecule has 0 bridgehead atoms. The summed E-state index contributed by atoms with van der Waals surface area (Å²) in [5, 5.41) is 0. The minimum Gasteiger partial charge on any atom is -0.344 e. The van der Waals surface area contributed by atoms with E-state index in [0.717, 1.165) is 17.8 Å². The zero-order valence-corrected chi connectivity index (χ0v) is 15.7. The maximum Gasteiger partial charge on any atom is 0.240 e. The minimum atomic E-state index is -0.288. The average Bonchev–Trinajstić information content (AvgIpc) is 3.38. The number of carbonyl (C=O) groups is 1. The van der Waals surface area contributed by atoms with E-state index >= 15 is 0 Å². The third-order valence-corrected chi connectivity index (χ3v) is 5.45. The molecule has 0 saturated carbocycles. The molecular formula is C20H25FN6O. The number of carbonyl (C=O) groups excluding carboxylic acids is 1. The summed E-state index contributed by atoms with van der Waals surface area (Å²) in [5.74, 6) is -0.00290. The molecule has 4 N–H and O–H groups in total. The van der Waals surface area contributed by atoms with Crippen molar-refractivity contribution in [3.63, 3.8) is 0 Å². The predicted octanol–water partition coefficient (Wildman–Crippen LogP) is 1.05. The van der Waals surface area contributed by atoms with Crippen molar-refractivity contribution in [1.29, 1.82) is 0 Å². The van der Waals surface area contributed by atoms with Crippen LogP contribution in [0.2, 0.25) is 0 Å². The zero-order chi connectivity index (χ0) is 19.5. The molecule has 28 heavy (non-hydrogen) atoms. The smallest absolute Gasteiger partial charge is 0.240 e. The van der Waals surface area contributed by atoms with Gasteiger partial charge >= 0.3 is 0 Å². The molecule has 0 aliphatic carbocycles. The number of nitrogens with one attached hydrogen (secondary N) is 4. The van der Waals surface area contributed by atoms with E-state index in [2.05, 4.69) is 26.7 Å². The number of aromatic nitrogens is 1. The highest BCUT2D eigenvalue weighted by Gasteiger charge is 2.35. The van der Waals surface area contributed by atoms with Crippen LogP contribution in [0.5, 0.6) is 0 Å². The molecule has 2 aliphatic heterocycles. The fourth-order valence-electron chi connectivity index (χ4n) is 3.93. The Kier molecular flexibility index (Phi) is 5.63. The Labute approximate surface area is 163 Å². The molecule has 7 nitrogen and oxygen atoms in total. The lowest BCUT2D eigenvalue weighted by atomic mass is 9.94. The fraction of sp³-hybridized carbons (Fsp3) is 0.400. The van der Waals surface area contributed by atoms with E-state index in [-0.39, 0.29) is 35.8 Å². The third-order valence-electron chi connectivity index (χ3n) is 5.45. The van der Waals surface area contributed by atoms with Gasteiger partial charge in [0.05, 0.1) is 17.8 Å². The van der Waals surface area contributed by atoms with Gasteiger partial charge in [-0.25, -0.2) is 20.7 Å². The van der Waals surface area contributed by atoms with Crippen molar-refractivity contribution in [3.8, 4) is 0 Å². The lowest BCUT2D eigenvalue weighted by Gasteiger charge is -2.26. The number of rotatable bonds is 5. The molecule has 8 heteroatoms. The molecule has 2 saturated heterocycles. The molecule has 3 heterocycles. The number of amides is 1. The molecule has 1 aromatic carbocycles. The first-order valence-electron chi connectivity index (χ1n) is 9.52. The SMILES string of the molecule is CN(CC1CNNC1c1ccc(F)cc1)C(=O)C1CC(c2ccccn2)NN1. The highest BCUT2D eigenvalue weighted by molar-refractivity contribution is 5.82. The Morgan fingerprint density at radius 2 is 2.00 bits per heavy atom. The zero-order valence-electron chi connectivity index (χ0n) is 15.7. The second kappa shape index (κ2) is 8.32. The van der Waals surface area contributed by atoms with Gasteiger partial charge in [-0.2, -0.15) is 0 Å². The Hall–Kier alpha value is -2.39. The van der Waals surface area contributed by atoms with Gasteiger partial charge in [0.25, 0.3) is 0 Å². The van der Waals surface area contributed by atoms with Gasteiger partial charge in [-0.1, -0.05) is 18.2 Å². The highest BCUT2D eigenvalue weighted by Crippen LogP contribution is 2.26. The van der Waals surface area contributed by atoms with Crippen molar-refractivity contribution in [2.75, 3.05) is 20.1 Å². The highest BCUT2D eigenvalue weighted by atomic mass is 19.1. The molecule has 1 amide bonds. The van der Waals surface area contributed by atoms with E-state index in [1.807, 2.05) is 25.2 Å². The topological polar surface area (TPSA) is 81.3 Å². The molecule has 0 spiro atoms. The van der Waals surface area contributed by atoms with E-state index in [9.17, 15) is 9.18 Å². The number of pyridine rings is 1. The van der Waals surface area contributed by atoms with Crippen LogP contribution in [0.3, 0.4) is 0 Å². The molecule has 2 aliphatic rings. The summed E-state index contributed by atoms with van der Waals surface area (Å²) in [6, 6.07) is 12.0. The van der Waals surface area contributed by atoms with Crippen molar-refractivity contribution in [3.05, 3.63) is 65.7 Å². The normalized spacial score (nSPS) is 27.1. The summed E-state index contributed by atoms with van der Waals surface area (Å²) in [6.45, 7) is 1.35. The number of likely N-dealkylation sites (N-methyl/N-ethyl adjacent to an activating group) is 1. The summed E-state index contributed by atoms with van der Waals surface area (Å²) in [7, 11) is 1.83. The number of halogens is 1. The second-order valence-corrected chi connectivity index (χ2v) is 7.42.